The van der Waals surface area contributed by atoms with Crippen molar-refractivity contribution in [3.63, 3.8) is 0 Å². The van der Waals surface area contributed by atoms with Gasteiger partial charge >= 0.3 is 6.18 Å². The minimum Gasteiger partial charge on any atom is -0.327 e. The highest BCUT2D eigenvalue weighted by molar-refractivity contribution is 7.92. The van der Waals surface area contributed by atoms with E-state index in [-0.39, 0.29) is 16.1 Å². The smallest absolute Gasteiger partial charge is 0.327 e. The van der Waals surface area contributed by atoms with E-state index < -0.39 is 38.9 Å². The van der Waals surface area contributed by atoms with Crippen LogP contribution in [0.25, 0.3) is 0 Å². The van der Waals surface area contributed by atoms with E-state index in [1.54, 1.807) is 26.0 Å². The molecule has 3 rings (SSSR count). The Bertz CT molecular complexity index is 1350. The first kappa shape index (κ1) is 23.1. The van der Waals surface area contributed by atoms with Gasteiger partial charge in [0, 0.05) is 17.4 Å². The second-order valence-electron chi connectivity index (χ2n) is 7.04. The van der Waals surface area contributed by atoms with Crippen molar-refractivity contribution < 1.29 is 26.4 Å². The minimum atomic E-state index is -4.71. The maximum atomic E-state index is 12.9. The Kier molecular flexibility index (Phi) is 6.13. The van der Waals surface area contributed by atoms with Crippen molar-refractivity contribution in [3.05, 3.63) is 87.3 Å². The molecule has 0 radical (unpaired) electrons. The maximum Gasteiger partial charge on any atom is 0.417 e. The van der Waals surface area contributed by atoms with E-state index in [1.807, 2.05) is 4.98 Å². The lowest BCUT2D eigenvalue weighted by Gasteiger charge is -2.12. The van der Waals surface area contributed by atoms with Gasteiger partial charge in [-0.05, 0) is 55.3 Å². The molecule has 0 saturated carbocycles. The number of hydrogen-bond acceptors (Lipinski definition) is 4. The fourth-order valence-electron chi connectivity index (χ4n) is 2.87. The van der Waals surface area contributed by atoms with Gasteiger partial charge in [-0.15, -0.1) is 0 Å². The lowest BCUT2D eigenvalue weighted by atomic mass is 10.2. The lowest BCUT2D eigenvalue weighted by molar-refractivity contribution is -0.137. The number of hydrogen-bond donors (Lipinski definition) is 3. The van der Waals surface area contributed by atoms with Crippen molar-refractivity contribution in [2.45, 2.75) is 24.9 Å². The zero-order chi connectivity index (χ0) is 23.7. The summed E-state index contributed by atoms with van der Waals surface area (Å²) in [6.07, 6.45) is -4.21. The zero-order valence-corrected chi connectivity index (χ0v) is 17.7. The molecule has 3 N–H and O–H groups in total. The van der Waals surface area contributed by atoms with Crippen molar-refractivity contribution in [1.82, 2.24) is 4.98 Å². The summed E-state index contributed by atoms with van der Waals surface area (Å²) in [6, 6.07) is 10.8. The molecule has 0 aliphatic carbocycles. The summed E-state index contributed by atoms with van der Waals surface area (Å²) in [6.45, 7) is 3.39. The van der Waals surface area contributed by atoms with Crippen LogP contribution < -0.4 is 15.6 Å². The molecule has 0 aliphatic heterocycles. The monoisotopic (exact) mass is 465 g/mol. The van der Waals surface area contributed by atoms with Gasteiger partial charge in [0.2, 0.25) is 0 Å². The molecular formula is C21H18F3N3O4S. The standard InChI is InChI=1S/C21H18F3N3O4S/c1-12-6-7-13(2)18(8-12)32(30,31)27-16-5-3-4-14(9-16)19(28)26-17-10-15(21(22,23)24)11-25-20(17)29/h3-11,27H,1-2H3,(H,25,29)(H,26,28). The SMILES string of the molecule is Cc1ccc(C)c(S(=O)(=O)Nc2cccc(C(=O)Nc3cc(C(F)(F)F)c[nH]c3=O)c2)c1. The molecule has 0 spiro atoms. The van der Waals surface area contributed by atoms with Crippen LogP contribution in [0.3, 0.4) is 0 Å². The number of aromatic nitrogens is 1. The predicted molar refractivity (Wildman–Crippen MR) is 113 cm³/mol. The summed E-state index contributed by atoms with van der Waals surface area (Å²) in [5, 5.41) is 2.12. The Morgan fingerprint density at radius 2 is 1.75 bits per heavy atom. The third-order valence-corrected chi connectivity index (χ3v) is 6.01. The molecule has 0 unspecified atom stereocenters. The molecule has 0 saturated heterocycles. The van der Waals surface area contributed by atoms with Gasteiger partial charge in [-0.25, -0.2) is 8.42 Å². The summed E-state index contributed by atoms with van der Waals surface area (Å²) < 4.78 is 66.5. The van der Waals surface area contributed by atoms with Crippen molar-refractivity contribution in [2.75, 3.05) is 10.0 Å². The molecule has 0 fully saturated rings. The van der Waals surface area contributed by atoms with Crippen LogP contribution in [-0.4, -0.2) is 19.3 Å². The van der Waals surface area contributed by atoms with Gasteiger partial charge in [0.25, 0.3) is 21.5 Å². The van der Waals surface area contributed by atoms with E-state index in [0.29, 0.717) is 17.8 Å². The molecule has 2 aromatic carbocycles. The van der Waals surface area contributed by atoms with Crippen LogP contribution in [0.15, 0.2) is 64.4 Å². The molecule has 1 heterocycles. The largest absolute Gasteiger partial charge is 0.417 e. The summed E-state index contributed by atoms with van der Waals surface area (Å²) in [5.41, 5.74) is -1.37. The topological polar surface area (TPSA) is 108 Å². The molecule has 168 valence electrons. The van der Waals surface area contributed by atoms with E-state index in [9.17, 15) is 31.2 Å². The van der Waals surface area contributed by atoms with Gasteiger partial charge in [0.1, 0.15) is 5.69 Å². The number of rotatable bonds is 5. The fraction of sp³-hybridized carbons (Fsp3) is 0.143. The highest BCUT2D eigenvalue weighted by atomic mass is 32.2. The third-order valence-electron chi connectivity index (χ3n) is 4.49. The Morgan fingerprint density at radius 3 is 2.44 bits per heavy atom. The fourth-order valence-corrected chi connectivity index (χ4v) is 4.25. The zero-order valence-electron chi connectivity index (χ0n) is 16.9. The highest BCUT2D eigenvalue weighted by Crippen LogP contribution is 2.29. The number of benzene rings is 2. The summed E-state index contributed by atoms with van der Waals surface area (Å²) in [7, 11) is -3.96. The Hall–Kier alpha value is -3.60. The predicted octanol–water partition coefficient (Wildman–Crippen LogP) is 4.06. The molecule has 1 aromatic heterocycles. The molecular weight excluding hydrogens is 447 g/mol. The van der Waals surface area contributed by atoms with Crippen molar-refractivity contribution in [2.24, 2.45) is 0 Å². The molecule has 0 bridgehead atoms. The molecule has 0 aliphatic rings. The minimum absolute atomic E-state index is 0.0662. The third kappa shape index (κ3) is 5.17. The van der Waals surface area contributed by atoms with Gasteiger partial charge in [0.05, 0.1) is 10.5 Å². The number of alkyl halides is 3. The van der Waals surface area contributed by atoms with Crippen LogP contribution in [0, 0.1) is 13.8 Å². The second-order valence-corrected chi connectivity index (χ2v) is 8.69. The average Bonchev–Trinajstić information content (AvgIpc) is 2.70. The summed E-state index contributed by atoms with van der Waals surface area (Å²) in [4.78, 5) is 26.3. The van der Waals surface area contributed by atoms with E-state index in [0.717, 1.165) is 5.56 Å². The highest BCUT2D eigenvalue weighted by Gasteiger charge is 2.31. The molecule has 3 aromatic rings. The van der Waals surface area contributed by atoms with Crippen LogP contribution in [0.5, 0.6) is 0 Å². The quantitative estimate of drug-likeness (QED) is 0.528. The summed E-state index contributed by atoms with van der Waals surface area (Å²) in [5.74, 6) is -0.886. The van der Waals surface area contributed by atoms with Gasteiger partial charge in [0.15, 0.2) is 0 Å². The van der Waals surface area contributed by atoms with Crippen LogP contribution in [-0.2, 0) is 16.2 Å². The van der Waals surface area contributed by atoms with Crippen LogP contribution >= 0.6 is 0 Å². The average molecular weight is 465 g/mol. The van der Waals surface area contributed by atoms with Gasteiger partial charge in [-0.3, -0.25) is 14.3 Å². The van der Waals surface area contributed by atoms with Crippen molar-refractivity contribution >= 4 is 27.3 Å². The number of carbonyl (C=O) groups excluding carboxylic acids is 1. The number of nitrogens with one attached hydrogen (secondary N) is 3. The second kappa shape index (κ2) is 8.50. The van der Waals surface area contributed by atoms with Crippen LogP contribution in [0.2, 0.25) is 0 Å². The molecule has 1 amide bonds. The number of anilines is 2. The first-order valence-corrected chi connectivity index (χ1v) is 10.7. The van der Waals surface area contributed by atoms with Gasteiger partial charge in [-0.2, -0.15) is 13.2 Å². The number of H-pyrrole nitrogens is 1. The normalized spacial score (nSPS) is 11.8. The molecule has 0 atom stereocenters. The van der Waals surface area contributed by atoms with Crippen molar-refractivity contribution in [1.29, 1.82) is 0 Å². The Labute approximate surface area is 181 Å². The van der Waals surface area contributed by atoms with Gasteiger partial charge < -0.3 is 10.3 Å². The molecule has 32 heavy (non-hydrogen) atoms. The first-order chi connectivity index (χ1) is 14.9. The summed E-state index contributed by atoms with van der Waals surface area (Å²) >= 11 is 0. The molecule has 7 nitrogen and oxygen atoms in total. The van der Waals surface area contributed by atoms with E-state index in [2.05, 4.69) is 10.0 Å². The van der Waals surface area contributed by atoms with Gasteiger partial charge in [-0.1, -0.05) is 18.2 Å². The molecule has 11 heteroatoms. The van der Waals surface area contributed by atoms with Crippen LogP contribution in [0.4, 0.5) is 24.5 Å². The number of carbonyl (C=O) groups is 1. The number of halogens is 3. The van der Waals surface area contributed by atoms with E-state index >= 15 is 0 Å². The maximum absolute atomic E-state index is 12.9. The number of amides is 1. The van der Waals surface area contributed by atoms with E-state index in [4.69, 9.17) is 0 Å². The number of aromatic amines is 1. The Morgan fingerprint density at radius 1 is 1.03 bits per heavy atom. The first-order valence-electron chi connectivity index (χ1n) is 9.18. The number of pyridine rings is 1. The van der Waals surface area contributed by atoms with E-state index in [1.165, 1.54) is 30.3 Å². The lowest BCUT2D eigenvalue weighted by Crippen LogP contribution is -2.21. The number of sulfonamides is 1. The Balaban J connectivity index is 1.86. The number of aryl methyl sites for hydroxylation is 2. The van der Waals surface area contributed by atoms with Crippen molar-refractivity contribution in [3.8, 4) is 0 Å². The van der Waals surface area contributed by atoms with Crippen LogP contribution in [0.1, 0.15) is 27.0 Å².